The topological polar surface area (TPSA) is 9.23 Å². The van der Waals surface area contributed by atoms with Crippen LogP contribution >= 0.6 is 0 Å². The lowest BCUT2D eigenvalue weighted by Gasteiger charge is -1.93. The molecule has 0 unspecified atom stereocenters. The van der Waals surface area contributed by atoms with Crippen LogP contribution in [0.1, 0.15) is 34.1 Å². The van der Waals surface area contributed by atoms with E-state index in [0.717, 1.165) is 5.75 Å². The first kappa shape index (κ1) is 24.7. The molecular formula is C24H34O. The smallest absolute Gasteiger partial charge is 0.118 e. The molecule has 0 saturated carbocycles. The molecule has 0 aliphatic heterocycles. The molecule has 0 bridgehead atoms. The van der Waals surface area contributed by atoms with E-state index in [4.69, 9.17) is 4.74 Å². The van der Waals surface area contributed by atoms with E-state index in [1.165, 1.54) is 6.42 Å². The summed E-state index contributed by atoms with van der Waals surface area (Å²) < 4.78 is 4.91. The fourth-order valence-electron chi connectivity index (χ4n) is 1.33. The van der Waals surface area contributed by atoms with Crippen molar-refractivity contribution >= 4 is 0 Å². The highest BCUT2D eigenvalue weighted by Gasteiger charge is 1.80. The van der Waals surface area contributed by atoms with Crippen molar-refractivity contribution in [1.82, 2.24) is 0 Å². The van der Waals surface area contributed by atoms with E-state index in [9.17, 15) is 0 Å². The molecule has 1 heteroatoms. The number of methoxy groups -OCH3 is 1. The minimum atomic E-state index is 0.910. The third-order valence-electron chi connectivity index (χ3n) is 2.31. The maximum absolute atomic E-state index is 4.91. The van der Waals surface area contributed by atoms with E-state index in [1.807, 2.05) is 117 Å². The van der Waals surface area contributed by atoms with Crippen LogP contribution in [0, 0.1) is 0 Å². The Hall–Kier alpha value is -2.54. The predicted molar refractivity (Wildman–Crippen MR) is 113 cm³/mol. The van der Waals surface area contributed by atoms with E-state index in [0.29, 0.717) is 0 Å². The molecule has 3 aromatic carbocycles. The first-order chi connectivity index (χ1) is 12.3. The number of rotatable bonds is 1. The SMILES string of the molecule is CC.CCC.COc1ccccc1.c1ccccc1.c1ccccc1. The third-order valence-corrected chi connectivity index (χ3v) is 2.31. The summed E-state index contributed by atoms with van der Waals surface area (Å²) in [6.45, 7) is 8.25. The van der Waals surface area contributed by atoms with Crippen molar-refractivity contribution in [3.63, 3.8) is 0 Å². The van der Waals surface area contributed by atoms with E-state index in [1.54, 1.807) is 7.11 Å². The summed E-state index contributed by atoms with van der Waals surface area (Å²) in [6.07, 6.45) is 1.25. The maximum atomic E-state index is 4.91. The van der Waals surface area contributed by atoms with Crippen molar-refractivity contribution in [3.05, 3.63) is 103 Å². The average Bonchev–Trinajstić information content (AvgIpc) is 2.74. The highest BCUT2D eigenvalue weighted by molar-refractivity contribution is 5.20. The minimum Gasteiger partial charge on any atom is -0.497 e. The summed E-state index contributed by atoms with van der Waals surface area (Å²) in [7, 11) is 1.66. The molecule has 0 N–H and O–H groups in total. The van der Waals surface area contributed by atoms with Gasteiger partial charge in [0.2, 0.25) is 0 Å². The van der Waals surface area contributed by atoms with Crippen molar-refractivity contribution in [2.45, 2.75) is 34.1 Å². The van der Waals surface area contributed by atoms with Crippen LogP contribution in [0.25, 0.3) is 0 Å². The second-order valence-electron chi connectivity index (χ2n) is 4.53. The molecule has 0 aromatic heterocycles. The molecule has 1 nitrogen and oxygen atoms in total. The number of hydrogen-bond acceptors (Lipinski definition) is 1. The lowest BCUT2D eigenvalue weighted by molar-refractivity contribution is 0.415. The number of benzene rings is 3. The Morgan fingerprint density at radius 2 is 0.720 bits per heavy atom. The largest absolute Gasteiger partial charge is 0.497 e. The highest BCUT2D eigenvalue weighted by atomic mass is 16.5. The van der Waals surface area contributed by atoms with Crippen LogP contribution in [-0.2, 0) is 0 Å². The van der Waals surface area contributed by atoms with Gasteiger partial charge in [-0.1, -0.05) is 125 Å². The summed E-state index contributed by atoms with van der Waals surface area (Å²) in [5.41, 5.74) is 0. The van der Waals surface area contributed by atoms with Gasteiger partial charge in [-0.15, -0.1) is 0 Å². The number of para-hydroxylation sites is 1. The fraction of sp³-hybridized carbons (Fsp3) is 0.250. The van der Waals surface area contributed by atoms with Gasteiger partial charge in [0.1, 0.15) is 5.75 Å². The first-order valence-corrected chi connectivity index (χ1v) is 8.94. The molecule has 0 amide bonds. The van der Waals surface area contributed by atoms with Gasteiger partial charge in [-0.25, -0.2) is 0 Å². The number of ether oxygens (including phenoxy) is 1. The van der Waals surface area contributed by atoms with Crippen LogP contribution in [-0.4, -0.2) is 7.11 Å². The molecule has 0 spiro atoms. The van der Waals surface area contributed by atoms with Gasteiger partial charge in [0.25, 0.3) is 0 Å². The van der Waals surface area contributed by atoms with Crippen molar-refractivity contribution in [3.8, 4) is 5.75 Å². The van der Waals surface area contributed by atoms with Gasteiger partial charge in [-0.3, -0.25) is 0 Å². The van der Waals surface area contributed by atoms with Crippen LogP contribution in [0.4, 0.5) is 0 Å². The Labute approximate surface area is 155 Å². The van der Waals surface area contributed by atoms with Gasteiger partial charge >= 0.3 is 0 Å². The van der Waals surface area contributed by atoms with Crippen LogP contribution in [0.3, 0.4) is 0 Å². The third kappa shape index (κ3) is 21.5. The van der Waals surface area contributed by atoms with E-state index in [2.05, 4.69) is 13.8 Å². The fourth-order valence-corrected chi connectivity index (χ4v) is 1.33. The minimum absolute atomic E-state index is 0.910. The second-order valence-corrected chi connectivity index (χ2v) is 4.53. The van der Waals surface area contributed by atoms with Crippen LogP contribution < -0.4 is 4.74 Å². The van der Waals surface area contributed by atoms with Gasteiger partial charge in [0, 0.05) is 0 Å². The zero-order valence-electron chi connectivity index (χ0n) is 16.4. The highest BCUT2D eigenvalue weighted by Crippen LogP contribution is 2.05. The maximum Gasteiger partial charge on any atom is 0.118 e. The normalized spacial score (nSPS) is 7.56. The van der Waals surface area contributed by atoms with E-state index < -0.39 is 0 Å². The zero-order valence-corrected chi connectivity index (χ0v) is 16.4. The van der Waals surface area contributed by atoms with E-state index >= 15 is 0 Å². The monoisotopic (exact) mass is 338 g/mol. The molecule has 0 heterocycles. The molecule has 0 atom stereocenters. The van der Waals surface area contributed by atoms with Crippen molar-refractivity contribution in [2.75, 3.05) is 7.11 Å². The van der Waals surface area contributed by atoms with Gasteiger partial charge in [-0.05, 0) is 12.1 Å². The summed E-state index contributed by atoms with van der Waals surface area (Å²) >= 11 is 0. The molecule has 0 aliphatic rings. The average molecular weight is 339 g/mol. The standard InChI is InChI=1S/C7H8O.2C6H6.C3H8.C2H6/c1-8-7-5-3-2-4-6-7;2*1-2-4-6-5-3-1;1-3-2;1-2/h2-6H,1H3;2*1-6H;3H2,1-2H3;1-2H3. The van der Waals surface area contributed by atoms with Crippen LogP contribution in [0.5, 0.6) is 5.75 Å². The molecule has 0 aliphatic carbocycles. The summed E-state index contributed by atoms with van der Waals surface area (Å²) in [5, 5.41) is 0. The lowest BCUT2D eigenvalue weighted by Crippen LogP contribution is -1.78. The molecule has 25 heavy (non-hydrogen) atoms. The molecule has 3 rings (SSSR count). The van der Waals surface area contributed by atoms with Gasteiger partial charge in [-0.2, -0.15) is 0 Å². The Bertz CT molecular complexity index is 436. The molecule has 136 valence electrons. The Morgan fingerprint density at radius 3 is 0.880 bits per heavy atom. The Kier molecular flexibility index (Phi) is 23.4. The van der Waals surface area contributed by atoms with E-state index in [-0.39, 0.29) is 0 Å². The summed E-state index contributed by atoms with van der Waals surface area (Å²) in [6, 6.07) is 33.7. The molecule has 3 aromatic rings. The lowest BCUT2D eigenvalue weighted by atomic mass is 10.3. The molecule has 0 fully saturated rings. The molecule has 0 saturated heterocycles. The Morgan fingerprint density at radius 1 is 0.520 bits per heavy atom. The Balaban J connectivity index is 0. The predicted octanol–water partition coefficient (Wildman–Crippen LogP) is 7.51. The van der Waals surface area contributed by atoms with Gasteiger partial charge in [0.15, 0.2) is 0 Å². The van der Waals surface area contributed by atoms with Crippen molar-refractivity contribution < 1.29 is 4.74 Å². The second kappa shape index (κ2) is 23.7. The van der Waals surface area contributed by atoms with Gasteiger partial charge < -0.3 is 4.74 Å². The quantitative estimate of drug-likeness (QED) is 0.446. The van der Waals surface area contributed by atoms with Crippen molar-refractivity contribution in [1.29, 1.82) is 0 Å². The first-order valence-electron chi connectivity index (χ1n) is 8.94. The van der Waals surface area contributed by atoms with Crippen LogP contribution in [0.15, 0.2) is 103 Å². The molecule has 0 radical (unpaired) electrons. The summed E-state index contributed by atoms with van der Waals surface area (Å²) in [5.74, 6) is 0.910. The van der Waals surface area contributed by atoms with Gasteiger partial charge in [0.05, 0.1) is 7.11 Å². The molecular weight excluding hydrogens is 304 g/mol. The van der Waals surface area contributed by atoms with Crippen molar-refractivity contribution in [2.24, 2.45) is 0 Å². The summed E-state index contributed by atoms with van der Waals surface area (Å²) in [4.78, 5) is 0. The zero-order chi connectivity index (χ0) is 19.0. The van der Waals surface area contributed by atoms with Crippen LogP contribution in [0.2, 0.25) is 0 Å². The number of hydrogen-bond donors (Lipinski definition) is 0.